The van der Waals surface area contributed by atoms with Gasteiger partial charge >= 0.3 is 0 Å². The van der Waals surface area contributed by atoms with Crippen LogP contribution in [0.4, 0.5) is 5.69 Å². The first-order chi connectivity index (χ1) is 9.45. The molecule has 2 heterocycles. The summed E-state index contributed by atoms with van der Waals surface area (Å²) in [6, 6.07) is 7.91. The van der Waals surface area contributed by atoms with Crippen LogP contribution >= 0.6 is 0 Å². The van der Waals surface area contributed by atoms with Crippen LogP contribution in [0.5, 0.6) is 0 Å². The lowest BCUT2D eigenvalue weighted by Crippen LogP contribution is -2.38. The van der Waals surface area contributed by atoms with Crippen molar-refractivity contribution >= 4 is 5.69 Å². The molecular weight excluding hydrogens is 250 g/mol. The Balaban J connectivity index is 1.69. The summed E-state index contributed by atoms with van der Waals surface area (Å²) in [5, 5.41) is 0. The number of ether oxygens (including phenoxy) is 2. The van der Waals surface area contributed by atoms with Crippen LogP contribution in [-0.2, 0) is 16.1 Å². The van der Waals surface area contributed by atoms with Gasteiger partial charge in [-0.05, 0) is 31.7 Å². The van der Waals surface area contributed by atoms with Crippen molar-refractivity contribution in [2.75, 3.05) is 5.73 Å². The van der Waals surface area contributed by atoms with Crippen LogP contribution in [0.1, 0.15) is 45.6 Å². The van der Waals surface area contributed by atoms with Gasteiger partial charge in [-0.25, -0.2) is 0 Å². The van der Waals surface area contributed by atoms with Gasteiger partial charge in [0.05, 0.1) is 23.9 Å². The van der Waals surface area contributed by atoms with Crippen molar-refractivity contribution in [2.45, 2.75) is 63.9 Å². The summed E-state index contributed by atoms with van der Waals surface area (Å²) in [4.78, 5) is 0. The summed E-state index contributed by atoms with van der Waals surface area (Å²) in [5.41, 5.74) is 7.76. The Kier molecular flexibility index (Phi) is 3.30. The summed E-state index contributed by atoms with van der Waals surface area (Å²) < 4.78 is 12.6. The van der Waals surface area contributed by atoms with E-state index in [-0.39, 0.29) is 17.3 Å². The highest BCUT2D eigenvalue weighted by Gasteiger charge is 2.60. The van der Waals surface area contributed by atoms with Gasteiger partial charge in [-0.3, -0.25) is 0 Å². The van der Waals surface area contributed by atoms with Crippen LogP contribution in [0.2, 0.25) is 0 Å². The van der Waals surface area contributed by atoms with E-state index < -0.39 is 0 Å². The smallest absolute Gasteiger partial charge is 0.0924 e. The number of fused-ring (bicyclic) bond motifs is 2. The average Bonchev–Trinajstić information content (AvgIpc) is 2.90. The molecule has 2 aliphatic rings. The summed E-state index contributed by atoms with van der Waals surface area (Å²) in [5.74, 6) is 0.541. The Morgan fingerprint density at radius 3 is 2.75 bits per heavy atom. The predicted molar refractivity (Wildman–Crippen MR) is 80.3 cm³/mol. The second-order valence-electron chi connectivity index (χ2n) is 6.84. The number of nitrogen functional groups attached to an aromatic ring is 1. The fraction of sp³-hybridized carbons (Fsp3) is 0.647. The van der Waals surface area contributed by atoms with Gasteiger partial charge in [-0.2, -0.15) is 0 Å². The molecule has 0 amide bonds. The van der Waals surface area contributed by atoms with E-state index in [9.17, 15) is 0 Å². The molecule has 2 saturated heterocycles. The first-order valence-corrected chi connectivity index (χ1v) is 7.60. The van der Waals surface area contributed by atoms with Crippen LogP contribution < -0.4 is 5.73 Å². The summed E-state index contributed by atoms with van der Waals surface area (Å²) >= 11 is 0. The molecule has 2 aliphatic heterocycles. The van der Waals surface area contributed by atoms with Crippen molar-refractivity contribution in [3.8, 4) is 0 Å². The highest BCUT2D eigenvalue weighted by molar-refractivity contribution is 5.45. The van der Waals surface area contributed by atoms with E-state index >= 15 is 0 Å². The predicted octanol–water partition coefficient (Wildman–Crippen LogP) is 3.52. The van der Waals surface area contributed by atoms with Crippen LogP contribution in [0.3, 0.4) is 0 Å². The van der Waals surface area contributed by atoms with E-state index in [1.165, 1.54) is 0 Å². The molecular formula is C17H25NO2. The van der Waals surface area contributed by atoms with Gasteiger partial charge < -0.3 is 15.2 Å². The molecule has 0 unspecified atom stereocenters. The Bertz CT molecular complexity index is 502. The molecule has 1 aromatic carbocycles. The zero-order chi connectivity index (χ0) is 14.4. The van der Waals surface area contributed by atoms with E-state index in [1.807, 2.05) is 24.3 Å². The van der Waals surface area contributed by atoms with Gasteiger partial charge in [0.2, 0.25) is 0 Å². The minimum absolute atomic E-state index is 0.0294. The third-order valence-electron chi connectivity index (χ3n) is 5.24. The maximum atomic E-state index is 6.38. The molecule has 110 valence electrons. The van der Waals surface area contributed by atoms with Crippen molar-refractivity contribution < 1.29 is 9.47 Å². The monoisotopic (exact) mass is 275 g/mol. The van der Waals surface area contributed by atoms with Crippen molar-refractivity contribution in [1.29, 1.82) is 0 Å². The zero-order valence-corrected chi connectivity index (χ0v) is 12.7. The third-order valence-corrected chi connectivity index (χ3v) is 5.24. The van der Waals surface area contributed by atoms with Gasteiger partial charge in [0.15, 0.2) is 0 Å². The Hall–Kier alpha value is -1.06. The number of anilines is 1. The highest BCUT2D eigenvalue weighted by Crippen LogP contribution is 2.55. The molecule has 1 aromatic rings. The average molecular weight is 275 g/mol. The third kappa shape index (κ3) is 2.13. The standard InChI is InChI=1S/C17H25NO2/c1-12(2)17-9-8-16(3,20-17)15(10-17)19-11-13-6-4-5-7-14(13)18/h4-7,12,15H,8-11,18H2,1-3H3/t15-,16+,17-/m0/s1. The van der Waals surface area contributed by atoms with Gasteiger partial charge in [0, 0.05) is 17.7 Å². The number of hydrogen-bond acceptors (Lipinski definition) is 3. The van der Waals surface area contributed by atoms with E-state index in [1.54, 1.807) is 0 Å². The van der Waals surface area contributed by atoms with E-state index in [0.717, 1.165) is 30.5 Å². The summed E-state index contributed by atoms with van der Waals surface area (Å²) in [6.07, 6.45) is 3.45. The van der Waals surface area contributed by atoms with E-state index in [4.69, 9.17) is 15.2 Å². The highest BCUT2D eigenvalue weighted by atomic mass is 16.6. The van der Waals surface area contributed by atoms with Gasteiger partial charge in [-0.1, -0.05) is 32.0 Å². The normalized spacial score (nSPS) is 35.9. The van der Waals surface area contributed by atoms with Crippen LogP contribution in [0.15, 0.2) is 24.3 Å². The van der Waals surface area contributed by atoms with Gasteiger partial charge in [0.1, 0.15) is 0 Å². The minimum Gasteiger partial charge on any atom is -0.398 e. The molecule has 0 aliphatic carbocycles. The maximum Gasteiger partial charge on any atom is 0.0924 e. The Morgan fingerprint density at radius 1 is 1.35 bits per heavy atom. The molecule has 3 heteroatoms. The Morgan fingerprint density at radius 2 is 2.10 bits per heavy atom. The minimum atomic E-state index is -0.117. The lowest BCUT2D eigenvalue weighted by molar-refractivity contribution is -0.0959. The lowest BCUT2D eigenvalue weighted by Gasteiger charge is -2.31. The number of rotatable bonds is 4. The SMILES string of the molecule is CC(C)[C@@]12CC[C@@](C)(O1)[C@@H](OCc1ccccc1N)C2. The van der Waals surface area contributed by atoms with Crippen molar-refractivity contribution in [2.24, 2.45) is 5.92 Å². The topological polar surface area (TPSA) is 44.5 Å². The van der Waals surface area contributed by atoms with Crippen LogP contribution in [0.25, 0.3) is 0 Å². The number of benzene rings is 1. The van der Waals surface area contributed by atoms with Crippen LogP contribution in [-0.4, -0.2) is 17.3 Å². The summed E-state index contributed by atoms with van der Waals surface area (Å²) in [7, 11) is 0. The molecule has 20 heavy (non-hydrogen) atoms. The molecule has 0 aromatic heterocycles. The molecule has 0 radical (unpaired) electrons. The second kappa shape index (κ2) is 4.74. The molecule has 3 atom stereocenters. The van der Waals surface area contributed by atoms with E-state index in [2.05, 4.69) is 20.8 Å². The van der Waals surface area contributed by atoms with Crippen LogP contribution in [0, 0.1) is 5.92 Å². The molecule has 2 N–H and O–H groups in total. The maximum absolute atomic E-state index is 6.38. The van der Waals surface area contributed by atoms with Crippen molar-refractivity contribution in [3.05, 3.63) is 29.8 Å². The number of para-hydroxylation sites is 1. The fourth-order valence-corrected chi connectivity index (χ4v) is 3.66. The molecule has 0 saturated carbocycles. The van der Waals surface area contributed by atoms with E-state index in [0.29, 0.717) is 12.5 Å². The summed E-state index contributed by atoms with van der Waals surface area (Å²) in [6.45, 7) is 7.28. The molecule has 2 fully saturated rings. The largest absolute Gasteiger partial charge is 0.398 e. The molecule has 3 nitrogen and oxygen atoms in total. The fourth-order valence-electron chi connectivity index (χ4n) is 3.66. The number of hydrogen-bond donors (Lipinski definition) is 1. The quantitative estimate of drug-likeness (QED) is 0.855. The number of nitrogens with two attached hydrogens (primary N) is 1. The second-order valence-corrected chi connectivity index (χ2v) is 6.84. The van der Waals surface area contributed by atoms with Gasteiger partial charge in [0.25, 0.3) is 0 Å². The first-order valence-electron chi connectivity index (χ1n) is 7.60. The Labute approximate surface area is 121 Å². The molecule has 3 rings (SSSR count). The van der Waals surface area contributed by atoms with Crippen molar-refractivity contribution in [3.63, 3.8) is 0 Å². The van der Waals surface area contributed by atoms with Crippen molar-refractivity contribution in [1.82, 2.24) is 0 Å². The van der Waals surface area contributed by atoms with Gasteiger partial charge in [-0.15, -0.1) is 0 Å². The first kappa shape index (κ1) is 13.9. The molecule has 0 spiro atoms. The molecule has 2 bridgehead atoms. The lowest BCUT2D eigenvalue weighted by atomic mass is 9.75. The zero-order valence-electron chi connectivity index (χ0n) is 12.7.